The first-order valence-corrected chi connectivity index (χ1v) is 11.8. The predicted octanol–water partition coefficient (Wildman–Crippen LogP) is 3.65. The van der Waals surface area contributed by atoms with Crippen molar-refractivity contribution < 1.29 is 13.9 Å². The molecule has 4 heterocycles. The summed E-state index contributed by atoms with van der Waals surface area (Å²) in [4.78, 5) is 2.11. The molecule has 7 nitrogen and oxygen atoms in total. The highest BCUT2D eigenvalue weighted by molar-refractivity contribution is 7.18. The van der Waals surface area contributed by atoms with Crippen LogP contribution in [0.2, 0.25) is 0 Å². The number of rotatable bonds is 5. The molecule has 2 N–H and O–H groups in total. The van der Waals surface area contributed by atoms with E-state index in [0.717, 1.165) is 32.1 Å². The number of benzene rings is 1. The first kappa shape index (κ1) is 20.0. The summed E-state index contributed by atoms with van der Waals surface area (Å²) in [7, 11) is 1.75. The second kappa shape index (κ2) is 7.48. The molecule has 0 amide bonds. The molecule has 1 saturated carbocycles. The summed E-state index contributed by atoms with van der Waals surface area (Å²) in [5.74, 6) is -0.547. The number of nitrogens with zero attached hydrogens (tertiary/aromatic N) is 5. The highest BCUT2D eigenvalue weighted by Crippen LogP contribution is 2.44. The fourth-order valence-corrected chi connectivity index (χ4v) is 6.11. The van der Waals surface area contributed by atoms with E-state index in [1.165, 1.54) is 23.5 Å². The maximum atomic E-state index is 15.3. The van der Waals surface area contributed by atoms with E-state index in [2.05, 4.69) is 25.5 Å². The zero-order valence-corrected chi connectivity index (χ0v) is 18.4. The minimum Gasteiger partial charge on any atom is -0.507 e. The third-order valence-electron chi connectivity index (χ3n) is 6.82. The van der Waals surface area contributed by atoms with Crippen LogP contribution in [-0.4, -0.2) is 55.4 Å². The highest BCUT2D eigenvalue weighted by atomic mass is 32.1. The zero-order valence-electron chi connectivity index (χ0n) is 17.6. The summed E-state index contributed by atoms with van der Waals surface area (Å²) >= 11 is 1.28. The van der Waals surface area contributed by atoms with E-state index in [4.69, 9.17) is 0 Å². The second-order valence-corrected chi connectivity index (χ2v) is 10.0. The zero-order chi connectivity index (χ0) is 22.0. The fraction of sp³-hybridized carbons (Fsp3) is 0.500. The average Bonchev–Trinajstić information content (AvgIpc) is 3.15. The molecule has 1 aliphatic carbocycles. The van der Waals surface area contributed by atoms with Crippen molar-refractivity contribution in [1.82, 2.24) is 25.3 Å². The van der Waals surface area contributed by atoms with Gasteiger partial charge >= 0.3 is 0 Å². The monoisotopic (exact) mass is 458 g/mol. The van der Waals surface area contributed by atoms with Crippen molar-refractivity contribution in [2.75, 3.05) is 4.90 Å². The average molecular weight is 459 g/mol. The maximum absolute atomic E-state index is 15.3. The van der Waals surface area contributed by atoms with E-state index < -0.39 is 12.0 Å². The molecule has 10 heteroatoms. The number of aryl methyl sites for hydroxylation is 1. The van der Waals surface area contributed by atoms with Crippen LogP contribution >= 0.6 is 11.3 Å². The van der Waals surface area contributed by atoms with Crippen LogP contribution in [0.5, 0.6) is 5.75 Å². The molecule has 2 saturated heterocycles. The molecule has 2 aliphatic heterocycles. The van der Waals surface area contributed by atoms with Crippen molar-refractivity contribution in [3.05, 3.63) is 30.3 Å². The summed E-state index contributed by atoms with van der Waals surface area (Å²) in [5.41, 5.74) is 1.14. The summed E-state index contributed by atoms with van der Waals surface area (Å²) < 4.78 is 31.7. The van der Waals surface area contributed by atoms with Crippen LogP contribution in [0.3, 0.4) is 0 Å². The summed E-state index contributed by atoms with van der Waals surface area (Å²) in [6.45, 7) is 0. The van der Waals surface area contributed by atoms with E-state index in [9.17, 15) is 9.50 Å². The van der Waals surface area contributed by atoms with Crippen molar-refractivity contribution >= 4 is 16.5 Å². The third kappa shape index (κ3) is 3.36. The molecule has 3 aliphatic rings. The Morgan fingerprint density at radius 2 is 2.03 bits per heavy atom. The lowest BCUT2D eigenvalue weighted by Crippen LogP contribution is -2.57. The molecular formula is C22H24F2N6OS. The number of phenols is 1. The number of phenolic OH excluding ortho intramolecular Hbond substituents is 1. The first-order valence-electron chi connectivity index (χ1n) is 11.0. The summed E-state index contributed by atoms with van der Waals surface area (Å²) in [6, 6.07) is 2.99. The van der Waals surface area contributed by atoms with Gasteiger partial charge in [-0.3, -0.25) is 4.68 Å². The smallest absolute Gasteiger partial charge is 0.209 e. The van der Waals surface area contributed by atoms with E-state index in [1.807, 2.05) is 0 Å². The van der Waals surface area contributed by atoms with Crippen LogP contribution in [0, 0.1) is 5.82 Å². The SMILES string of the molecule is Cn1cc(-c2cc(O)c(-c3nnc(N(C4CC4)[C@H]4CC5CCC(N5)[C@H]4F)s3)cc2F)cn1. The number of fused-ring (bicyclic) bond motifs is 2. The van der Waals surface area contributed by atoms with Gasteiger partial charge in [-0.15, -0.1) is 10.2 Å². The van der Waals surface area contributed by atoms with Crippen LogP contribution in [0.4, 0.5) is 13.9 Å². The Morgan fingerprint density at radius 3 is 2.78 bits per heavy atom. The molecule has 0 radical (unpaired) electrons. The van der Waals surface area contributed by atoms with Crippen molar-refractivity contribution in [3.8, 4) is 27.4 Å². The number of alkyl halides is 1. The molecule has 3 aromatic rings. The quantitative estimate of drug-likeness (QED) is 0.608. The van der Waals surface area contributed by atoms with Crippen molar-refractivity contribution in [3.63, 3.8) is 0 Å². The van der Waals surface area contributed by atoms with Crippen molar-refractivity contribution in [1.29, 1.82) is 0 Å². The molecular weight excluding hydrogens is 434 g/mol. The molecule has 32 heavy (non-hydrogen) atoms. The van der Waals surface area contributed by atoms with Gasteiger partial charge in [-0.25, -0.2) is 8.78 Å². The molecule has 4 atom stereocenters. The van der Waals surface area contributed by atoms with Crippen molar-refractivity contribution in [2.45, 2.75) is 62.4 Å². The van der Waals surface area contributed by atoms with E-state index in [-0.39, 0.29) is 35.0 Å². The number of hydrogen-bond acceptors (Lipinski definition) is 7. The van der Waals surface area contributed by atoms with Crippen LogP contribution in [0.1, 0.15) is 32.1 Å². The summed E-state index contributed by atoms with van der Waals surface area (Å²) in [5, 5.41) is 27.8. The lowest BCUT2D eigenvalue weighted by atomic mass is 9.96. The number of piperidine rings is 1. The molecule has 2 aromatic heterocycles. The Labute approximate surface area is 188 Å². The number of anilines is 1. The van der Waals surface area contributed by atoms with Gasteiger partial charge in [0.15, 0.2) is 5.01 Å². The molecule has 6 rings (SSSR count). The predicted molar refractivity (Wildman–Crippen MR) is 118 cm³/mol. The molecule has 2 bridgehead atoms. The van der Waals surface area contributed by atoms with E-state index >= 15 is 4.39 Å². The topological polar surface area (TPSA) is 79.1 Å². The van der Waals surface area contributed by atoms with Crippen molar-refractivity contribution in [2.24, 2.45) is 7.05 Å². The molecule has 1 aromatic carbocycles. The minimum atomic E-state index is -0.952. The van der Waals surface area contributed by atoms with Gasteiger partial charge in [0, 0.05) is 42.5 Å². The minimum absolute atomic E-state index is 0.0748. The van der Waals surface area contributed by atoms with Gasteiger partial charge in [-0.2, -0.15) is 5.10 Å². The number of halogens is 2. The van der Waals surface area contributed by atoms with Gasteiger partial charge in [-0.05, 0) is 44.2 Å². The lowest BCUT2D eigenvalue weighted by Gasteiger charge is -2.40. The van der Waals surface area contributed by atoms with Gasteiger partial charge < -0.3 is 15.3 Å². The molecule has 2 unspecified atom stereocenters. The number of nitrogens with one attached hydrogen (secondary N) is 1. The Bertz CT molecular complexity index is 1160. The van der Waals surface area contributed by atoms with Crippen LogP contribution in [0.15, 0.2) is 24.5 Å². The van der Waals surface area contributed by atoms with Crippen LogP contribution in [-0.2, 0) is 7.05 Å². The van der Waals surface area contributed by atoms with E-state index in [0.29, 0.717) is 21.7 Å². The maximum Gasteiger partial charge on any atom is 0.209 e. The normalized spacial score (nSPS) is 27.1. The Kier molecular flexibility index (Phi) is 4.69. The number of hydrogen-bond donors (Lipinski definition) is 2. The Hall–Kier alpha value is -2.59. The first-order chi connectivity index (χ1) is 15.5. The highest BCUT2D eigenvalue weighted by Gasteiger charge is 2.48. The van der Waals surface area contributed by atoms with Gasteiger partial charge in [0.25, 0.3) is 0 Å². The van der Waals surface area contributed by atoms with E-state index in [1.54, 1.807) is 24.1 Å². The van der Waals surface area contributed by atoms with Gasteiger partial charge in [-0.1, -0.05) is 11.3 Å². The summed E-state index contributed by atoms with van der Waals surface area (Å²) in [6.07, 6.45) is 6.95. The largest absolute Gasteiger partial charge is 0.507 e. The van der Waals surface area contributed by atoms with Crippen LogP contribution in [0.25, 0.3) is 21.7 Å². The number of aromatic hydroxyl groups is 1. The Balaban J connectivity index is 1.32. The molecule has 3 fully saturated rings. The van der Waals surface area contributed by atoms with Gasteiger partial charge in [0.05, 0.1) is 17.8 Å². The molecule has 0 spiro atoms. The van der Waals surface area contributed by atoms with Crippen LogP contribution < -0.4 is 10.2 Å². The third-order valence-corrected chi connectivity index (χ3v) is 7.79. The van der Waals surface area contributed by atoms with Gasteiger partial charge in [0.2, 0.25) is 5.13 Å². The fourth-order valence-electron chi connectivity index (χ4n) is 5.11. The lowest BCUT2D eigenvalue weighted by molar-refractivity contribution is 0.172. The number of aromatic nitrogens is 4. The van der Waals surface area contributed by atoms with Gasteiger partial charge in [0.1, 0.15) is 17.7 Å². The molecule has 168 valence electrons. The standard InChI is InChI=1S/C22H24F2N6OS/c1-29-10-11(9-25-29)14-8-19(31)15(7-16(14)23)21-27-28-22(32-21)30(13-3-4-13)18-6-12-2-5-17(26-12)20(18)24/h7-10,12-13,17-18,20,26,31H,2-6H2,1H3/t12?,17?,18-,20+/m0/s1. The Morgan fingerprint density at radius 1 is 1.19 bits per heavy atom. The second-order valence-electron chi connectivity index (χ2n) is 9.08.